The molecule has 1 aromatic rings. The van der Waals surface area contributed by atoms with Gasteiger partial charge in [-0.15, -0.1) is 0 Å². The van der Waals surface area contributed by atoms with Crippen molar-refractivity contribution < 1.29 is 9.72 Å². The van der Waals surface area contributed by atoms with Crippen LogP contribution in [0.4, 0.5) is 5.69 Å². The highest BCUT2D eigenvalue weighted by molar-refractivity contribution is 6.32. The number of carbonyl (C=O) groups is 1. The van der Waals surface area contributed by atoms with Gasteiger partial charge in [0, 0.05) is 12.7 Å². The Morgan fingerprint density at radius 3 is 2.94 bits per heavy atom. The van der Waals surface area contributed by atoms with Gasteiger partial charge in [-0.25, -0.2) is 4.98 Å². The number of pyridine rings is 1. The maximum absolute atomic E-state index is 11.9. The first kappa shape index (κ1) is 12.8. The maximum Gasteiger partial charge on any atom is 0.319 e. The third kappa shape index (κ3) is 2.59. The van der Waals surface area contributed by atoms with Crippen LogP contribution in [0.1, 0.15) is 23.7 Å². The number of nitrogens with one attached hydrogen (secondary N) is 1. The molecule has 1 N–H and O–H groups in total. The van der Waals surface area contributed by atoms with E-state index in [0.29, 0.717) is 18.4 Å². The Balaban J connectivity index is 2.14. The lowest BCUT2D eigenvalue weighted by atomic mass is 10.2. The SMILES string of the molecule is CC1CC1CNC(=O)c1ccnc(Cl)c1[N+](=O)[O-]. The first-order valence-corrected chi connectivity index (χ1v) is 5.95. The number of nitrogens with zero attached hydrogens (tertiary/aromatic N) is 2. The van der Waals surface area contributed by atoms with E-state index in [1.807, 2.05) is 0 Å². The number of aromatic nitrogens is 1. The average Bonchev–Trinajstić information content (AvgIpc) is 3.01. The van der Waals surface area contributed by atoms with Crippen LogP contribution in [0.5, 0.6) is 0 Å². The van der Waals surface area contributed by atoms with Gasteiger partial charge in [-0.05, 0) is 24.3 Å². The number of halogens is 1. The van der Waals surface area contributed by atoms with Gasteiger partial charge in [0.05, 0.1) is 4.92 Å². The van der Waals surface area contributed by atoms with Crippen LogP contribution >= 0.6 is 11.6 Å². The Hall–Kier alpha value is -1.69. The fourth-order valence-electron chi connectivity index (χ4n) is 1.79. The van der Waals surface area contributed by atoms with E-state index in [0.717, 1.165) is 6.42 Å². The summed E-state index contributed by atoms with van der Waals surface area (Å²) in [6, 6.07) is 1.30. The molecule has 2 atom stereocenters. The number of hydrogen-bond acceptors (Lipinski definition) is 4. The normalized spacial score (nSPS) is 21.4. The molecule has 0 saturated heterocycles. The van der Waals surface area contributed by atoms with Crippen molar-refractivity contribution in [1.29, 1.82) is 0 Å². The van der Waals surface area contributed by atoms with Gasteiger partial charge in [0.25, 0.3) is 5.91 Å². The predicted octanol–water partition coefficient (Wildman–Crippen LogP) is 2.03. The Morgan fingerprint density at radius 2 is 2.39 bits per heavy atom. The van der Waals surface area contributed by atoms with E-state index in [1.54, 1.807) is 0 Å². The third-order valence-electron chi connectivity index (χ3n) is 3.11. The summed E-state index contributed by atoms with van der Waals surface area (Å²) in [5.41, 5.74) is -0.492. The zero-order valence-electron chi connectivity index (χ0n) is 9.72. The average molecular weight is 270 g/mol. The van der Waals surface area contributed by atoms with Gasteiger partial charge in [0.1, 0.15) is 5.56 Å². The minimum Gasteiger partial charge on any atom is -0.352 e. The van der Waals surface area contributed by atoms with Crippen LogP contribution in [0.2, 0.25) is 5.15 Å². The molecule has 1 saturated carbocycles. The third-order valence-corrected chi connectivity index (χ3v) is 3.38. The topological polar surface area (TPSA) is 85.1 Å². The second-order valence-electron chi connectivity index (χ2n) is 4.44. The number of rotatable bonds is 4. The monoisotopic (exact) mass is 269 g/mol. The first-order valence-electron chi connectivity index (χ1n) is 5.57. The molecule has 1 aromatic heterocycles. The molecule has 18 heavy (non-hydrogen) atoms. The first-order chi connectivity index (χ1) is 8.50. The van der Waals surface area contributed by atoms with Crippen LogP contribution in [0.3, 0.4) is 0 Å². The van der Waals surface area contributed by atoms with Crippen molar-refractivity contribution in [2.24, 2.45) is 11.8 Å². The highest BCUT2D eigenvalue weighted by Crippen LogP contribution is 2.36. The van der Waals surface area contributed by atoms with Crippen molar-refractivity contribution in [3.05, 3.63) is 33.1 Å². The van der Waals surface area contributed by atoms with Crippen molar-refractivity contribution in [2.75, 3.05) is 6.54 Å². The van der Waals surface area contributed by atoms with Crippen LogP contribution in [0.15, 0.2) is 12.3 Å². The van der Waals surface area contributed by atoms with E-state index in [2.05, 4.69) is 17.2 Å². The Morgan fingerprint density at radius 1 is 1.72 bits per heavy atom. The number of amides is 1. The van der Waals surface area contributed by atoms with E-state index in [1.165, 1.54) is 12.3 Å². The van der Waals surface area contributed by atoms with Gasteiger partial charge in [-0.3, -0.25) is 14.9 Å². The van der Waals surface area contributed by atoms with Crippen LogP contribution in [0, 0.1) is 22.0 Å². The summed E-state index contributed by atoms with van der Waals surface area (Å²) in [6.07, 6.45) is 2.36. The summed E-state index contributed by atoms with van der Waals surface area (Å²) in [4.78, 5) is 25.6. The number of nitro groups is 1. The summed E-state index contributed by atoms with van der Waals surface area (Å²) in [6.45, 7) is 2.64. The molecule has 0 radical (unpaired) electrons. The second-order valence-corrected chi connectivity index (χ2v) is 4.80. The lowest BCUT2D eigenvalue weighted by Gasteiger charge is -2.05. The molecule has 0 aliphatic heterocycles. The largest absolute Gasteiger partial charge is 0.352 e. The summed E-state index contributed by atoms with van der Waals surface area (Å²) < 4.78 is 0. The molecule has 0 aromatic carbocycles. The van der Waals surface area contributed by atoms with Gasteiger partial charge >= 0.3 is 5.69 Å². The molecule has 0 bridgehead atoms. The van der Waals surface area contributed by atoms with Crippen molar-refractivity contribution in [3.8, 4) is 0 Å². The van der Waals surface area contributed by atoms with Crippen LogP contribution in [-0.2, 0) is 0 Å². The van der Waals surface area contributed by atoms with Crippen molar-refractivity contribution in [3.63, 3.8) is 0 Å². The molecule has 96 valence electrons. The van der Waals surface area contributed by atoms with Crippen molar-refractivity contribution in [1.82, 2.24) is 10.3 Å². The highest BCUT2D eigenvalue weighted by Gasteiger charge is 2.33. The van der Waals surface area contributed by atoms with E-state index in [9.17, 15) is 14.9 Å². The number of carbonyl (C=O) groups excluding carboxylic acids is 1. The van der Waals surface area contributed by atoms with Gasteiger partial charge in [0.2, 0.25) is 5.15 Å². The van der Waals surface area contributed by atoms with Crippen LogP contribution in [-0.4, -0.2) is 22.4 Å². The molecule has 1 fully saturated rings. The minimum atomic E-state index is -0.690. The van der Waals surface area contributed by atoms with Gasteiger partial charge in [-0.1, -0.05) is 18.5 Å². The van der Waals surface area contributed by atoms with E-state index in [-0.39, 0.29) is 10.7 Å². The summed E-state index contributed by atoms with van der Waals surface area (Å²) >= 11 is 5.63. The predicted molar refractivity (Wildman–Crippen MR) is 65.5 cm³/mol. The van der Waals surface area contributed by atoms with E-state index in [4.69, 9.17) is 11.6 Å². The lowest BCUT2D eigenvalue weighted by Crippen LogP contribution is -2.26. The Bertz CT molecular complexity index is 506. The van der Waals surface area contributed by atoms with Crippen LogP contribution in [0.25, 0.3) is 0 Å². The molecule has 0 spiro atoms. The van der Waals surface area contributed by atoms with E-state index >= 15 is 0 Å². The quantitative estimate of drug-likeness (QED) is 0.515. The molecule has 6 nitrogen and oxygen atoms in total. The molecule has 2 unspecified atom stereocenters. The fraction of sp³-hybridized carbons (Fsp3) is 0.455. The molecule has 1 amide bonds. The molecular weight excluding hydrogens is 258 g/mol. The highest BCUT2D eigenvalue weighted by atomic mass is 35.5. The minimum absolute atomic E-state index is 0.0479. The van der Waals surface area contributed by atoms with Crippen molar-refractivity contribution in [2.45, 2.75) is 13.3 Å². The number of hydrogen-bond donors (Lipinski definition) is 1. The zero-order valence-corrected chi connectivity index (χ0v) is 10.5. The maximum atomic E-state index is 11.9. The second kappa shape index (κ2) is 4.89. The lowest BCUT2D eigenvalue weighted by molar-refractivity contribution is -0.385. The zero-order chi connectivity index (χ0) is 13.3. The summed E-state index contributed by atoms with van der Waals surface area (Å²) in [7, 11) is 0. The molecule has 1 aliphatic carbocycles. The van der Waals surface area contributed by atoms with Gasteiger partial charge < -0.3 is 5.32 Å². The molecule has 7 heteroatoms. The van der Waals surface area contributed by atoms with Crippen molar-refractivity contribution >= 4 is 23.2 Å². The molecular formula is C11H12ClN3O3. The fourth-order valence-corrected chi connectivity index (χ4v) is 2.02. The van der Waals surface area contributed by atoms with Crippen LogP contribution < -0.4 is 5.32 Å². The standard InChI is InChI=1S/C11H12ClN3O3/c1-6-4-7(6)5-14-11(16)8-2-3-13-10(12)9(8)15(17)18/h2-3,6-7H,4-5H2,1H3,(H,14,16). The smallest absolute Gasteiger partial charge is 0.319 e. The van der Waals surface area contributed by atoms with E-state index < -0.39 is 16.5 Å². The molecule has 1 heterocycles. The van der Waals surface area contributed by atoms with Gasteiger partial charge in [-0.2, -0.15) is 0 Å². The summed E-state index contributed by atoms with van der Waals surface area (Å²) in [5, 5.41) is 13.3. The molecule has 2 rings (SSSR count). The van der Waals surface area contributed by atoms with Gasteiger partial charge in [0.15, 0.2) is 0 Å². The summed E-state index contributed by atoms with van der Waals surface area (Å²) in [5.74, 6) is 0.608. The molecule has 1 aliphatic rings. The Labute approximate surface area is 109 Å². The Kier molecular flexibility index (Phi) is 3.47.